The predicted octanol–water partition coefficient (Wildman–Crippen LogP) is 1.76. The van der Waals surface area contributed by atoms with Crippen molar-refractivity contribution in [2.45, 2.75) is 6.92 Å². The highest BCUT2D eigenvalue weighted by molar-refractivity contribution is 5.42. The van der Waals surface area contributed by atoms with Gasteiger partial charge in [-0.1, -0.05) is 12.1 Å². The fraction of sp³-hybridized carbons (Fsp3) is 0.100. The number of hydrogen-bond acceptors (Lipinski definition) is 2. The third kappa shape index (κ3) is 1.40. The van der Waals surface area contributed by atoms with Crippen molar-refractivity contribution in [2.24, 2.45) is 0 Å². The number of aromatic nitrogens is 2. The van der Waals surface area contributed by atoms with Crippen LogP contribution in [0.4, 0.5) is 5.82 Å². The standard InChI is InChI=1S/C10H11N3/c1-8-3-2-4-9(5-8)13-7-12-6-10(13)11/h2-7H,11H2,1H3. The zero-order valence-electron chi connectivity index (χ0n) is 7.44. The van der Waals surface area contributed by atoms with Gasteiger partial charge in [0.2, 0.25) is 0 Å². The van der Waals surface area contributed by atoms with Gasteiger partial charge >= 0.3 is 0 Å². The summed E-state index contributed by atoms with van der Waals surface area (Å²) in [7, 11) is 0. The van der Waals surface area contributed by atoms with Gasteiger partial charge in [-0.15, -0.1) is 0 Å². The predicted molar refractivity (Wildman–Crippen MR) is 52.7 cm³/mol. The van der Waals surface area contributed by atoms with Crippen molar-refractivity contribution in [3.05, 3.63) is 42.4 Å². The van der Waals surface area contributed by atoms with E-state index in [0.29, 0.717) is 5.82 Å². The van der Waals surface area contributed by atoms with Gasteiger partial charge in [-0.25, -0.2) is 4.98 Å². The van der Waals surface area contributed by atoms with Crippen LogP contribution in [0.3, 0.4) is 0 Å². The number of nitrogens with two attached hydrogens (primary N) is 1. The molecule has 2 aromatic rings. The van der Waals surface area contributed by atoms with Gasteiger partial charge in [-0.2, -0.15) is 0 Å². The lowest BCUT2D eigenvalue weighted by molar-refractivity contribution is 1.06. The summed E-state index contributed by atoms with van der Waals surface area (Å²) in [6, 6.07) is 8.13. The Morgan fingerprint density at radius 3 is 2.85 bits per heavy atom. The summed E-state index contributed by atoms with van der Waals surface area (Å²) in [6.07, 6.45) is 3.35. The van der Waals surface area contributed by atoms with Crippen LogP contribution in [-0.4, -0.2) is 9.55 Å². The molecule has 2 rings (SSSR count). The molecule has 66 valence electrons. The summed E-state index contributed by atoms with van der Waals surface area (Å²) in [5.41, 5.74) is 7.99. The van der Waals surface area contributed by atoms with Crippen LogP contribution in [0.1, 0.15) is 5.56 Å². The molecular formula is C10H11N3. The molecule has 0 saturated heterocycles. The summed E-state index contributed by atoms with van der Waals surface area (Å²) >= 11 is 0. The second-order valence-corrected chi connectivity index (χ2v) is 3.03. The van der Waals surface area contributed by atoms with Gasteiger partial charge in [0, 0.05) is 5.69 Å². The number of aryl methyl sites for hydroxylation is 1. The smallest absolute Gasteiger partial charge is 0.127 e. The highest BCUT2D eigenvalue weighted by Gasteiger charge is 1.99. The normalized spacial score (nSPS) is 10.2. The van der Waals surface area contributed by atoms with E-state index in [4.69, 9.17) is 5.73 Å². The van der Waals surface area contributed by atoms with Crippen LogP contribution in [0.5, 0.6) is 0 Å². The summed E-state index contributed by atoms with van der Waals surface area (Å²) in [5.74, 6) is 0.658. The lowest BCUT2D eigenvalue weighted by Gasteiger charge is -2.04. The van der Waals surface area contributed by atoms with Crippen LogP contribution >= 0.6 is 0 Å². The van der Waals surface area contributed by atoms with Gasteiger partial charge < -0.3 is 5.73 Å². The molecule has 0 unspecified atom stereocenters. The zero-order chi connectivity index (χ0) is 9.26. The summed E-state index contributed by atoms with van der Waals surface area (Å²) in [6.45, 7) is 2.05. The number of hydrogen-bond donors (Lipinski definition) is 1. The molecule has 0 saturated carbocycles. The van der Waals surface area contributed by atoms with E-state index < -0.39 is 0 Å². The number of benzene rings is 1. The van der Waals surface area contributed by atoms with Crippen LogP contribution in [0.25, 0.3) is 5.69 Å². The Morgan fingerprint density at radius 2 is 2.23 bits per heavy atom. The molecular weight excluding hydrogens is 162 g/mol. The Kier molecular flexibility index (Phi) is 1.77. The molecule has 0 bridgehead atoms. The Morgan fingerprint density at radius 1 is 1.38 bits per heavy atom. The fourth-order valence-corrected chi connectivity index (χ4v) is 1.30. The van der Waals surface area contributed by atoms with Crippen LogP contribution in [0.2, 0.25) is 0 Å². The quantitative estimate of drug-likeness (QED) is 0.714. The number of anilines is 1. The maximum Gasteiger partial charge on any atom is 0.127 e. The van der Waals surface area contributed by atoms with E-state index in [2.05, 4.69) is 24.0 Å². The average Bonchev–Trinajstić information content (AvgIpc) is 2.51. The molecule has 0 aliphatic carbocycles. The molecule has 2 N–H and O–H groups in total. The minimum atomic E-state index is 0.658. The van der Waals surface area contributed by atoms with Gasteiger partial charge in [0.25, 0.3) is 0 Å². The second-order valence-electron chi connectivity index (χ2n) is 3.03. The number of imidazole rings is 1. The molecule has 0 radical (unpaired) electrons. The molecule has 0 aliphatic heterocycles. The maximum atomic E-state index is 5.72. The molecule has 0 amide bonds. The first-order valence-electron chi connectivity index (χ1n) is 4.12. The Balaban J connectivity index is 2.53. The van der Waals surface area contributed by atoms with E-state index in [9.17, 15) is 0 Å². The first-order valence-corrected chi connectivity index (χ1v) is 4.12. The van der Waals surface area contributed by atoms with E-state index in [-0.39, 0.29) is 0 Å². The SMILES string of the molecule is Cc1cccc(-n2cncc2N)c1. The highest BCUT2D eigenvalue weighted by Crippen LogP contribution is 2.13. The molecule has 0 aliphatic rings. The summed E-state index contributed by atoms with van der Waals surface area (Å²) in [5, 5.41) is 0. The van der Waals surface area contributed by atoms with Crippen LogP contribution in [0, 0.1) is 6.92 Å². The molecule has 1 heterocycles. The summed E-state index contributed by atoms with van der Waals surface area (Å²) < 4.78 is 1.85. The maximum absolute atomic E-state index is 5.72. The van der Waals surface area contributed by atoms with Crippen molar-refractivity contribution in [2.75, 3.05) is 5.73 Å². The Labute approximate surface area is 76.8 Å². The third-order valence-electron chi connectivity index (χ3n) is 1.95. The highest BCUT2D eigenvalue weighted by atomic mass is 15.1. The summed E-state index contributed by atoms with van der Waals surface area (Å²) in [4.78, 5) is 3.97. The first-order chi connectivity index (χ1) is 6.27. The Hall–Kier alpha value is -1.77. The van der Waals surface area contributed by atoms with Crippen LogP contribution < -0.4 is 5.73 Å². The largest absolute Gasteiger partial charge is 0.383 e. The number of nitrogen functional groups attached to an aromatic ring is 1. The number of rotatable bonds is 1. The molecule has 3 heteroatoms. The van der Waals surface area contributed by atoms with Crippen molar-refractivity contribution in [1.82, 2.24) is 9.55 Å². The fourth-order valence-electron chi connectivity index (χ4n) is 1.30. The second kappa shape index (κ2) is 2.94. The van der Waals surface area contributed by atoms with Crippen LogP contribution in [-0.2, 0) is 0 Å². The van der Waals surface area contributed by atoms with E-state index in [0.717, 1.165) is 5.69 Å². The van der Waals surface area contributed by atoms with E-state index >= 15 is 0 Å². The topological polar surface area (TPSA) is 43.8 Å². The van der Waals surface area contributed by atoms with Gasteiger partial charge in [-0.3, -0.25) is 4.57 Å². The minimum Gasteiger partial charge on any atom is -0.383 e. The van der Waals surface area contributed by atoms with E-state index in [1.165, 1.54) is 5.56 Å². The Bertz CT molecular complexity index is 418. The molecule has 0 fully saturated rings. The van der Waals surface area contributed by atoms with Gasteiger partial charge in [0.05, 0.1) is 6.20 Å². The minimum absolute atomic E-state index is 0.658. The molecule has 13 heavy (non-hydrogen) atoms. The van der Waals surface area contributed by atoms with Crippen molar-refractivity contribution < 1.29 is 0 Å². The van der Waals surface area contributed by atoms with Crippen molar-refractivity contribution >= 4 is 5.82 Å². The van der Waals surface area contributed by atoms with E-state index in [1.54, 1.807) is 12.5 Å². The van der Waals surface area contributed by atoms with E-state index in [1.807, 2.05) is 16.7 Å². The third-order valence-corrected chi connectivity index (χ3v) is 1.95. The zero-order valence-corrected chi connectivity index (χ0v) is 7.44. The lowest BCUT2D eigenvalue weighted by Crippen LogP contribution is -1.97. The van der Waals surface area contributed by atoms with Crippen LogP contribution in [0.15, 0.2) is 36.8 Å². The molecule has 1 aromatic carbocycles. The van der Waals surface area contributed by atoms with Gasteiger partial charge in [0.1, 0.15) is 12.1 Å². The van der Waals surface area contributed by atoms with Crippen molar-refractivity contribution in [3.8, 4) is 5.69 Å². The van der Waals surface area contributed by atoms with Crippen molar-refractivity contribution in [1.29, 1.82) is 0 Å². The molecule has 1 aromatic heterocycles. The van der Waals surface area contributed by atoms with Gasteiger partial charge in [0.15, 0.2) is 0 Å². The monoisotopic (exact) mass is 173 g/mol. The first kappa shape index (κ1) is 7.86. The lowest BCUT2D eigenvalue weighted by atomic mass is 10.2. The average molecular weight is 173 g/mol. The number of nitrogens with zero attached hydrogens (tertiary/aromatic N) is 2. The molecule has 0 atom stereocenters. The molecule has 0 spiro atoms. The molecule has 3 nitrogen and oxygen atoms in total. The van der Waals surface area contributed by atoms with Crippen molar-refractivity contribution in [3.63, 3.8) is 0 Å². The van der Waals surface area contributed by atoms with Gasteiger partial charge in [-0.05, 0) is 24.6 Å².